The average Bonchev–Trinajstić information content (AvgIpc) is 3.83. The van der Waals surface area contributed by atoms with Gasteiger partial charge in [-0.3, -0.25) is 57.5 Å². The quantitative estimate of drug-likeness (QED) is 0.0534. The lowest BCUT2D eigenvalue weighted by molar-refractivity contribution is -0.136. The minimum Gasteiger partial charge on any atom is -0.508 e. The number of phenolic OH excluding ortho intramolecular Hbond substituents is 1. The highest BCUT2D eigenvalue weighted by molar-refractivity contribution is 7.09. The SMILES string of the molecule is CC[C@H](C)[C@@H]1NC(=O)[C@H](Cc2ccc(O)cc2)NC(=O)CCC(=O)NC[C@@H](C(=O)NCCCCC(=O)N[C@@H](Cc2cccs2)C(=O)NCC(N)=O)NC(=O)[C@H](CC(N)=O)NC(=O)[C@H](CCC(N)=O)NC1=O. The first-order valence-corrected chi connectivity index (χ1v) is 23.8. The van der Waals surface area contributed by atoms with Crippen molar-refractivity contribution in [2.24, 2.45) is 23.1 Å². The van der Waals surface area contributed by atoms with Gasteiger partial charge in [-0.15, -0.1) is 11.3 Å². The molecule has 1 aliphatic heterocycles. The van der Waals surface area contributed by atoms with Gasteiger partial charge in [0.1, 0.15) is 42.0 Å². The molecule has 3 rings (SSSR count). The molecule has 16 N–H and O–H groups in total. The second-order valence-electron chi connectivity index (χ2n) is 16.9. The molecule has 71 heavy (non-hydrogen) atoms. The summed E-state index contributed by atoms with van der Waals surface area (Å²) in [5.74, 6) is -10.8. The number of nitrogens with two attached hydrogens (primary N) is 3. The Bertz CT molecular complexity index is 2230. The van der Waals surface area contributed by atoms with Gasteiger partial charge in [-0.05, 0) is 54.3 Å². The molecule has 0 saturated carbocycles. The van der Waals surface area contributed by atoms with Crippen LogP contribution in [-0.4, -0.2) is 132 Å². The summed E-state index contributed by atoms with van der Waals surface area (Å²) in [4.78, 5) is 157. The minimum absolute atomic E-state index is 0.0602. The number of unbranched alkanes of at least 4 members (excludes halogenated alkanes) is 1. The number of thiophene rings is 1. The number of phenols is 1. The zero-order valence-electron chi connectivity index (χ0n) is 39.5. The van der Waals surface area contributed by atoms with E-state index in [-0.39, 0.29) is 44.4 Å². The number of nitrogens with one attached hydrogen (secondary N) is 9. The van der Waals surface area contributed by atoms with Gasteiger partial charge in [-0.25, -0.2) is 0 Å². The smallest absolute Gasteiger partial charge is 0.244 e. The predicted molar refractivity (Wildman–Crippen MR) is 254 cm³/mol. The third kappa shape index (κ3) is 21.3. The molecule has 25 nitrogen and oxygen atoms in total. The molecular weight excluding hydrogens is 949 g/mol. The molecule has 0 radical (unpaired) electrons. The minimum atomic E-state index is -1.78. The van der Waals surface area contributed by atoms with Crippen molar-refractivity contribution >= 4 is 82.2 Å². The first-order valence-electron chi connectivity index (χ1n) is 22.9. The zero-order chi connectivity index (χ0) is 52.6. The Morgan fingerprint density at radius 3 is 2.04 bits per heavy atom. The molecule has 2 aromatic rings. The van der Waals surface area contributed by atoms with Crippen LogP contribution in [0.2, 0.25) is 0 Å². The number of primary amides is 3. The summed E-state index contributed by atoms with van der Waals surface area (Å²) >= 11 is 1.37. The Morgan fingerprint density at radius 2 is 1.41 bits per heavy atom. The number of aromatic hydroxyl groups is 1. The van der Waals surface area contributed by atoms with E-state index in [9.17, 15) is 62.6 Å². The van der Waals surface area contributed by atoms with E-state index in [1.807, 2.05) is 0 Å². The van der Waals surface area contributed by atoms with Crippen LogP contribution in [-0.2, 0) is 70.4 Å². The average molecular weight is 1010 g/mol. The maximum absolute atomic E-state index is 14.0. The number of hydrogen-bond acceptors (Lipinski definition) is 14. The van der Waals surface area contributed by atoms with Crippen molar-refractivity contribution in [1.29, 1.82) is 0 Å². The summed E-state index contributed by atoms with van der Waals surface area (Å²) in [6.45, 7) is 2.29. The van der Waals surface area contributed by atoms with Gasteiger partial charge in [0.05, 0.1) is 13.0 Å². The number of amides is 12. The van der Waals surface area contributed by atoms with Crippen molar-refractivity contribution in [3.05, 3.63) is 52.2 Å². The molecule has 7 atom stereocenters. The number of benzene rings is 1. The van der Waals surface area contributed by atoms with Gasteiger partial charge in [0.25, 0.3) is 0 Å². The van der Waals surface area contributed by atoms with Crippen LogP contribution < -0.4 is 65.1 Å². The highest BCUT2D eigenvalue weighted by Crippen LogP contribution is 2.15. The monoisotopic (exact) mass is 1010 g/mol. The van der Waals surface area contributed by atoms with Crippen LogP contribution >= 0.6 is 11.3 Å². The standard InChI is InChI=1S/C45H64N12O13S/c1-3-24(2)39-45(70)54-28(13-14-33(46)59)42(67)55-31(21-34(47)60)43(68)56-32(22-50-36(62)15-16-38(64)52-29(44(69)57-39)19-25-9-11-26(58)12-10-25)41(66)49-17-5-4-8-37(63)53-30(20-27-7-6-18-71-27)40(65)51-23-35(48)61/h6-7,9-12,18,24,28-32,39,58H,3-5,8,13-17,19-23H2,1-2H3,(H2,46,59)(H2,47,60)(H2,48,61)(H,49,66)(H,50,62)(H,51,65)(H,52,64)(H,53,63)(H,54,70)(H,55,67)(H,56,68)(H,57,69)/t24-,28-,29-,30-,31-,32-,39-/m0/s1. The van der Waals surface area contributed by atoms with Gasteiger partial charge >= 0.3 is 0 Å². The number of rotatable bonds is 21. The summed E-state index contributed by atoms with van der Waals surface area (Å²) in [5.41, 5.74) is 16.5. The summed E-state index contributed by atoms with van der Waals surface area (Å²) < 4.78 is 0. The fraction of sp³-hybridized carbons (Fsp3) is 0.511. The molecule has 0 unspecified atom stereocenters. The summed E-state index contributed by atoms with van der Waals surface area (Å²) in [5, 5.41) is 34.1. The second-order valence-corrected chi connectivity index (χ2v) is 17.9. The normalized spacial score (nSPS) is 20.5. The van der Waals surface area contributed by atoms with Gasteiger partial charge in [-0.2, -0.15) is 0 Å². The highest BCUT2D eigenvalue weighted by Gasteiger charge is 2.35. The van der Waals surface area contributed by atoms with Crippen molar-refractivity contribution in [1.82, 2.24) is 47.9 Å². The van der Waals surface area contributed by atoms with E-state index in [1.54, 1.807) is 31.4 Å². The molecule has 0 bridgehead atoms. The van der Waals surface area contributed by atoms with Crippen molar-refractivity contribution in [2.75, 3.05) is 19.6 Å². The zero-order valence-corrected chi connectivity index (χ0v) is 40.3. The van der Waals surface area contributed by atoms with Crippen molar-refractivity contribution < 1.29 is 62.6 Å². The van der Waals surface area contributed by atoms with Gasteiger partial charge in [-0.1, -0.05) is 38.5 Å². The van der Waals surface area contributed by atoms with E-state index >= 15 is 0 Å². The fourth-order valence-corrected chi connectivity index (χ4v) is 7.71. The lowest BCUT2D eigenvalue weighted by Gasteiger charge is -2.29. The lowest BCUT2D eigenvalue weighted by Crippen LogP contribution is -2.61. The molecule has 2 heterocycles. The number of hydrogen-bond donors (Lipinski definition) is 13. The maximum Gasteiger partial charge on any atom is 0.244 e. The van der Waals surface area contributed by atoms with E-state index < -0.39 is 158 Å². The third-order valence-corrected chi connectivity index (χ3v) is 12.0. The number of carbonyl (C=O) groups is 12. The van der Waals surface area contributed by atoms with Crippen LogP contribution in [0.25, 0.3) is 0 Å². The molecule has 26 heteroatoms. The van der Waals surface area contributed by atoms with E-state index in [1.165, 1.54) is 35.6 Å². The van der Waals surface area contributed by atoms with Crippen molar-refractivity contribution in [3.8, 4) is 5.75 Å². The van der Waals surface area contributed by atoms with Gasteiger partial charge < -0.3 is 70.2 Å². The third-order valence-electron chi connectivity index (χ3n) is 11.1. The molecule has 1 aromatic heterocycles. The topological polar surface area (TPSA) is 411 Å². The first-order chi connectivity index (χ1) is 33.6. The van der Waals surface area contributed by atoms with Gasteiger partial charge in [0.15, 0.2) is 0 Å². The maximum atomic E-state index is 14.0. The van der Waals surface area contributed by atoms with Crippen LogP contribution in [0.15, 0.2) is 41.8 Å². The van der Waals surface area contributed by atoms with Crippen LogP contribution in [0.3, 0.4) is 0 Å². The fourth-order valence-electron chi connectivity index (χ4n) is 6.96. The lowest BCUT2D eigenvalue weighted by atomic mass is 9.96. The molecule has 1 aliphatic rings. The predicted octanol–water partition coefficient (Wildman–Crippen LogP) is -3.87. The molecule has 0 spiro atoms. The highest BCUT2D eigenvalue weighted by atomic mass is 32.1. The van der Waals surface area contributed by atoms with Crippen LogP contribution in [0, 0.1) is 5.92 Å². The Balaban J connectivity index is 1.85. The summed E-state index contributed by atoms with van der Waals surface area (Å²) in [6, 6.07) is 0.690. The molecule has 0 aliphatic carbocycles. The Labute approximate surface area is 413 Å². The van der Waals surface area contributed by atoms with E-state index in [0.717, 1.165) is 4.88 Å². The summed E-state index contributed by atoms with van der Waals surface area (Å²) in [7, 11) is 0. The second kappa shape index (κ2) is 29.4. The molecule has 1 aromatic carbocycles. The summed E-state index contributed by atoms with van der Waals surface area (Å²) in [6.07, 6.45) is -1.91. The molecule has 388 valence electrons. The van der Waals surface area contributed by atoms with Gasteiger partial charge in [0, 0.05) is 56.5 Å². The van der Waals surface area contributed by atoms with E-state index in [4.69, 9.17) is 17.2 Å². The van der Waals surface area contributed by atoms with Crippen molar-refractivity contribution in [3.63, 3.8) is 0 Å². The molecular formula is C45H64N12O13S. The van der Waals surface area contributed by atoms with Crippen LogP contribution in [0.1, 0.15) is 82.1 Å². The first kappa shape index (κ1) is 57.7. The largest absolute Gasteiger partial charge is 0.508 e. The van der Waals surface area contributed by atoms with Crippen LogP contribution in [0.4, 0.5) is 0 Å². The Kier molecular flexibility index (Phi) is 23.9. The Morgan fingerprint density at radius 1 is 0.746 bits per heavy atom. The van der Waals surface area contributed by atoms with E-state index in [0.29, 0.717) is 12.0 Å². The van der Waals surface area contributed by atoms with Crippen LogP contribution in [0.5, 0.6) is 5.75 Å². The number of carbonyl (C=O) groups excluding carboxylic acids is 12. The van der Waals surface area contributed by atoms with Gasteiger partial charge in [0.2, 0.25) is 70.9 Å². The Hall–Kier alpha value is -7.64. The molecule has 1 fully saturated rings. The molecule has 1 saturated heterocycles. The molecule has 12 amide bonds. The van der Waals surface area contributed by atoms with E-state index in [2.05, 4.69) is 47.9 Å². The van der Waals surface area contributed by atoms with Crippen molar-refractivity contribution in [2.45, 2.75) is 121 Å².